The first kappa shape index (κ1) is 17.8. The Kier molecular flexibility index (Phi) is 4.81. The van der Waals surface area contributed by atoms with Gasteiger partial charge < -0.3 is 24.5 Å². The third-order valence-electron chi connectivity index (χ3n) is 3.89. The Balaban J connectivity index is 1.32. The van der Waals surface area contributed by atoms with Crippen LogP contribution in [-0.4, -0.2) is 24.4 Å². The van der Waals surface area contributed by atoms with Gasteiger partial charge in [0.1, 0.15) is 0 Å². The van der Waals surface area contributed by atoms with Crippen molar-refractivity contribution in [2.24, 2.45) is 0 Å². The number of hydrogen-bond donors (Lipinski definition) is 2. The number of furan rings is 1. The van der Waals surface area contributed by atoms with E-state index in [4.69, 9.17) is 13.9 Å². The summed E-state index contributed by atoms with van der Waals surface area (Å²) >= 11 is 1.22. The highest BCUT2D eigenvalue weighted by molar-refractivity contribution is 7.14. The zero-order valence-corrected chi connectivity index (χ0v) is 15.2. The average Bonchev–Trinajstić information content (AvgIpc) is 3.46. The van der Waals surface area contributed by atoms with Crippen LogP contribution in [0.4, 0.5) is 5.69 Å². The molecule has 2 aromatic heterocycles. The number of nitrogens with one attached hydrogen (secondary N) is 2. The maximum atomic E-state index is 12.2. The van der Waals surface area contributed by atoms with Crippen LogP contribution in [0.15, 0.2) is 53.1 Å². The van der Waals surface area contributed by atoms with E-state index in [1.807, 2.05) is 0 Å². The van der Waals surface area contributed by atoms with Gasteiger partial charge in [-0.3, -0.25) is 14.4 Å². The Bertz CT molecular complexity index is 1040. The van der Waals surface area contributed by atoms with E-state index in [0.29, 0.717) is 22.1 Å². The molecule has 0 radical (unpaired) electrons. The minimum atomic E-state index is -0.803. The maximum absolute atomic E-state index is 12.2. The molecule has 0 atom stereocenters. The van der Waals surface area contributed by atoms with E-state index in [2.05, 4.69) is 10.6 Å². The number of carbonyl (C=O) groups excluding carboxylic acids is 3. The first-order valence-corrected chi connectivity index (χ1v) is 9.07. The Hall–Kier alpha value is -3.59. The van der Waals surface area contributed by atoms with Crippen molar-refractivity contribution in [2.75, 3.05) is 12.1 Å². The first-order chi connectivity index (χ1) is 13.6. The average molecular weight is 398 g/mol. The van der Waals surface area contributed by atoms with Crippen LogP contribution in [0.3, 0.4) is 0 Å². The topological polar surface area (TPSA) is 107 Å². The lowest BCUT2D eigenvalue weighted by Crippen LogP contribution is -2.34. The molecule has 28 heavy (non-hydrogen) atoms. The second-order valence-electron chi connectivity index (χ2n) is 5.78. The largest absolute Gasteiger partial charge is 0.461 e. The maximum Gasteiger partial charge on any atom is 0.313 e. The van der Waals surface area contributed by atoms with Crippen molar-refractivity contribution in [1.29, 1.82) is 0 Å². The first-order valence-electron chi connectivity index (χ1n) is 8.26. The van der Waals surface area contributed by atoms with Gasteiger partial charge in [-0.05, 0) is 36.4 Å². The zero-order valence-electron chi connectivity index (χ0n) is 14.4. The fraction of sp³-hybridized carbons (Fsp3) is 0.105. The van der Waals surface area contributed by atoms with Crippen molar-refractivity contribution in [2.45, 2.75) is 6.54 Å². The molecule has 8 nitrogen and oxygen atoms in total. The van der Waals surface area contributed by atoms with Gasteiger partial charge in [0.2, 0.25) is 12.6 Å². The molecular weight excluding hydrogens is 384 g/mol. The van der Waals surface area contributed by atoms with Crippen LogP contribution < -0.4 is 20.1 Å². The lowest BCUT2D eigenvalue weighted by Gasteiger charge is -2.06. The summed E-state index contributed by atoms with van der Waals surface area (Å²) in [5.74, 6) is -0.480. The number of ketones is 1. The molecule has 9 heteroatoms. The lowest BCUT2D eigenvalue weighted by atomic mass is 10.2. The quantitative estimate of drug-likeness (QED) is 0.505. The van der Waals surface area contributed by atoms with Gasteiger partial charge in [-0.2, -0.15) is 0 Å². The predicted octanol–water partition coefficient (Wildman–Crippen LogP) is 2.56. The normalized spacial score (nSPS) is 11.9. The van der Waals surface area contributed by atoms with Crippen molar-refractivity contribution in [3.05, 3.63) is 64.2 Å². The number of ether oxygens (including phenoxy) is 2. The molecule has 0 spiro atoms. The van der Waals surface area contributed by atoms with Crippen molar-refractivity contribution in [3.63, 3.8) is 0 Å². The van der Waals surface area contributed by atoms with Crippen LogP contribution >= 0.6 is 11.3 Å². The summed E-state index contributed by atoms with van der Waals surface area (Å²) < 4.78 is 15.5. The molecule has 1 aromatic carbocycles. The van der Waals surface area contributed by atoms with Crippen molar-refractivity contribution >= 4 is 34.6 Å². The smallest absolute Gasteiger partial charge is 0.313 e. The van der Waals surface area contributed by atoms with E-state index in [1.54, 1.807) is 42.5 Å². The fourth-order valence-electron chi connectivity index (χ4n) is 2.53. The number of hydrogen-bond acceptors (Lipinski definition) is 7. The minimum absolute atomic E-state index is 0.123. The third-order valence-corrected chi connectivity index (χ3v) is 4.97. The number of amides is 2. The molecule has 1 aliphatic heterocycles. The lowest BCUT2D eigenvalue weighted by molar-refractivity contribution is -0.136. The van der Waals surface area contributed by atoms with Crippen LogP contribution in [0.5, 0.6) is 11.5 Å². The van der Waals surface area contributed by atoms with Gasteiger partial charge in [-0.15, -0.1) is 11.3 Å². The Morgan fingerprint density at radius 1 is 1.00 bits per heavy atom. The van der Waals surface area contributed by atoms with Gasteiger partial charge in [0.25, 0.3) is 0 Å². The number of thiophene rings is 1. The monoisotopic (exact) mass is 398 g/mol. The summed E-state index contributed by atoms with van der Waals surface area (Å²) in [4.78, 5) is 37.5. The fourth-order valence-corrected chi connectivity index (χ4v) is 3.43. The Labute approximate surface area is 163 Å². The molecular formula is C19H14N2O6S. The number of rotatable bonds is 5. The van der Waals surface area contributed by atoms with Crippen molar-refractivity contribution in [3.8, 4) is 11.5 Å². The molecule has 3 heterocycles. The van der Waals surface area contributed by atoms with Gasteiger partial charge in [0.05, 0.1) is 17.7 Å². The molecule has 0 saturated carbocycles. The molecule has 0 bridgehead atoms. The molecule has 0 saturated heterocycles. The second kappa shape index (κ2) is 7.57. The molecule has 1 aliphatic rings. The van der Waals surface area contributed by atoms with Crippen LogP contribution in [0.1, 0.15) is 20.3 Å². The highest BCUT2D eigenvalue weighted by Crippen LogP contribution is 2.34. The van der Waals surface area contributed by atoms with E-state index in [-0.39, 0.29) is 24.9 Å². The Morgan fingerprint density at radius 3 is 2.68 bits per heavy atom. The zero-order chi connectivity index (χ0) is 19.5. The number of anilines is 1. The molecule has 2 N–H and O–H groups in total. The van der Waals surface area contributed by atoms with E-state index in [9.17, 15) is 14.4 Å². The summed E-state index contributed by atoms with van der Waals surface area (Å²) in [5, 5.41) is 5.03. The highest BCUT2D eigenvalue weighted by atomic mass is 32.1. The van der Waals surface area contributed by atoms with Crippen LogP contribution in [-0.2, 0) is 16.1 Å². The minimum Gasteiger partial charge on any atom is -0.461 e. The summed E-state index contributed by atoms with van der Waals surface area (Å²) in [7, 11) is 0. The van der Waals surface area contributed by atoms with Crippen LogP contribution in [0.25, 0.3) is 0 Å². The third kappa shape index (κ3) is 3.74. The Morgan fingerprint density at radius 2 is 1.86 bits per heavy atom. The van der Waals surface area contributed by atoms with Gasteiger partial charge in [0.15, 0.2) is 17.3 Å². The number of carbonyl (C=O) groups is 3. The van der Waals surface area contributed by atoms with E-state index < -0.39 is 11.8 Å². The number of fused-ring (bicyclic) bond motifs is 1. The molecule has 142 valence electrons. The van der Waals surface area contributed by atoms with Gasteiger partial charge >= 0.3 is 11.8 Å². The molecule has 0 unspecified atom stereocenters. The molecule has 4 rings (SSSR count). The summed E-state index contributed by atoms with van der Waals surface area (Å²) in [6.45, 7) is 0.252. The molecule has 2 amide bonds. The summed E-state index contributed by atoms with van der Waals surface area (Å²) in [6, 6.07) is 11.5. The van der Waals surface area contributed by atoms with E-state index in [1.165, 1.54) is 17.6 Å². The van der Waals surface area contributed by atoms with Gasteiger partial charge in [-0.1, -0.05) is 0 Å². The summed E-state index contributed by atoms with van der Waals surface area (Å²) in [5.41, 5.74) is 0.423. The van der Waals surface area contributed by atoms with E-state index >= 15 is 0 Å². The summed E-state index contributed by atoms with van der Waals surface area (Å²) in [6.07, 6.45) is 1.43. The predicted molar refractivity (Wildman–Crippen MR) is 99.5 cm³/mol. The van der Waals surface area contributed by atoms with Crippen molar-refractivity contribution in [1.82, 2.24) is 5.32 Å². The highest BCUT2D eigenvalue weighted by Gasteiger charge is 2.18. The second-order valence-corrected chi connectivity index (χ2v) is 6.95. The van der Waals surface area contributed by atoms with Crippen LogP contribution in [0, 0.1) is 0 Å². The molecule has 0 fully saturated rings. The van der Waals surface area contributed by atoms with Crippen molar-refractivity contribution < 1.29 is 28.3 Å². The van der Waals surface area contributed by atoms with Gasteiger partial charge in [-0.25, -0.2) is 0 Å². The van der Waals surface area contributed by atoms with Crippen LogP contribution in [0.2, 0.25) is 0 Å². The SMILES string of the molecule is O=C(NCc1ccc(C(=O)c2ccco2)s1)C(=O)Nc1ccc2c(c1)OCO2. The van der Waals surface area contributed by atoms with Gasteiger partial charge in [0, 0.05) is 16.6 Å². The standard InChI is InChI=1S/C19H14N2O6S/c22-17(14-2-1-7-25-14)16-6-4-12(28-16)9-20-18(23)19(24)21-11-3-5-13-15(8-11)27-10-26-13/h1-8H,9-10H2,(H,20,23)(H,21,24). The molecule has 0 aliphatic carbocycles. The number of benzene rings is 1. The van der Waals surface area contributed by atoms with E-state index in [0.717, 1.165) is 4.88 Å². The molecule has 3 aromatic rings.